The molecule has 1 fully saturated rings. The van der Waals surface area contributed by atoms with Gasteiger partial charge in [-0.25, -0.2) is 19.9 Å². The first-order valence-corrected chi connectivity index (χ1v) is 8.13. The zero-order valence-electron chi connectivity index (χ0n) is 13.5. The summed E-state index contributed by atoms with van der Waals surface area (Å²) in [6, 6.07) is 0. The van der Waals surface area contributed by atoms with Crippen molar-refractivity contribution >= 4 is 34.3 Å². The molecule has 0 atom stereocenters. The molecule has 24 heavy (non-hydrogen) atoms. The maximum absolute atomic E-state index is 6.20. The maximum atomic E-state index is 6.20. The molecule has 3 aromatic rings. The van der Waals surface area contributed by atoms with Crippen LogP contribution in [0.4, 0.5) is 11.6 Å². The molecule has 0 saturated carbocycles. The van der Waals surface area contributed by atoms with Crippen molar-refractivity contribution in [3.05, 3.63) is 29.6 Å². The van der Waals surface area contributed by atoms with E-state index in [0.29, 0.717) is 5.02 Å². The van der Waals surface area contributed by atoms with Crippen LogP contribution in [0.5, 0.6) is 0 Å². The summed E-state index contributed by atoms with van der Waals surface area (Å²) in [5.41, 5.74) is 0.860. The molecule has 0 radical (unpaired) electrons. The SMILES string of the molecule is Cc1nc(N2CCN(c3ncncc3Cl)CC2)c2cnn(C)c2n1. The predicted molar refractivity (Wildman–Crippen MR) is 92.5 cm³/mol. The number of hydrogen-bond donors (Lipinski definition) is 0. The second kappa shape index (κ2) is 5.86. The zero-order chi connectivity index (χ0) is 16.7. The van der Waals surface area contributed by atoms with Crippen LogP contribution in [-0.4, -0.2) is 55.9 Å². The zero-order valence-corrected chi connectivity index (χ0v) is 14.3. The molecule has 9 heteroatoms. The van der Waals surface area contributed by atoms with Gasteiger partial charge in [0.05, 0.1) is 17.8 Å². The van der Waals surface area contributed by atoms with Crippen LogP contribution >= 0.6 is 11.6 Å². The van der Waals surface area contributed by atoms with E-state index in [0.717, 1.165) is 54.7 Å². The molecule has 8 nitrogen and oxygen atoms in total. The summed E-state index contributed by atoms with van der Waals surface area (Å²) in [6.07, 6.45) is 4.99. The molecule has 4 rings (SSSR count). The number of rotatable bonds is 2. The molecule has 0 aliphatic carbocycles. The molecule has 0 spiro atoms. The van der Waals surface area contributed by atoms with Gasteiger partial charge < -0.3 is 9.80 Å². The highest BCUT2D eigenvalue weighted by Gasteiger charge is 2.23. The molecular formula is C15H17ClN8. The smallest absolute Gasteiger partial charge is 0.163 e. The first-order chi connectivity index (χ1) is 11.6. The van der Waals surface area contributed by atoms with Crippen molar-refractivity contribution in [3.8, 4) is 0 Å². The van der Waals surface area contributed by atoms with Crippen molar-refractivity contribution in [2.75, 3.05) is 36.0 Å². The maximum Gasteiger partial charge on any atom is 0.163 e. The highest BCUT2D eigenvalue weighted by Crippen LogP contribution is 2.27. The van der Waals surface area contributed by atoms with E-state index in [9.17, 15) is 0 Å². The van der Waals surface area contributed by atoms with Crippen molar-refractivity contribution in [1.82, 2.24) is 29.7 Å². The summed E-state index contributed by atoms with van der Waals surface area (Å²) in [5.74, 6) is 2.48. The lowest BCUT2D eigenvalue weighted by Crippen LogP contribution is -2.47. The van der Waals surface area contributed by atoms with Gasteiger partial charge in [-0.2, -0.15) is 5.10 Å². The molecule has 0 amide bonds. The Labute approximate surface area is 144 Å². The van der Waals surface area contributed by atoms with Gasteiger partial charge in [0.1, 0.15) is 23.0 Å². The van der Waals surface area contributed by atoms with E-state index >= 15 is 0 Å². The van der Waals surface area contributed by atoms with Gasteiger partial charge in [0.2, 0.25) is 0 Å². The number of aromatic nitrogens is 6. The normalized spacial score (nSPS) is 15.3. The minimum Gasteiger partial charge on any atom is -0.352 e. The van der Waals surface area contributed by atoms with E-state index < -0.39 is 0 Å². The van der Waals surface area contributed by atoms with Gasteiger partial charge >= 0.3 is 0 Å². The van der Waals surface area contributed by atoms with Gasteiger partial charge in [-0.1, -0.05) is 11.6 Å². The molecule has 0 aromatic carbocycles. The third-order valence-corrected chi connectivity index (χ3v) is 4.48. The molecule has 124 valence electrons. The average Bonchev–Trinajstić information content (AvgIpc) is 2.96. The number of hydrogen-bond acceptors (Lipinski definition) is 7. The summed E-state index contributed by atoms with van der Waals surface area (Å²) < 4.78 is 1.78. The van der Waals surface area contributed by atoms with Crippen molar-refractivity contribution in [2.24, 2.45) is 7.05 Å². The third kappa shape index (κ3) is 2.52. The number of nitrogens with zero attached hydrogens (tertiary/aromatic N) is 8. The molecule has 1 saturated heterocycles. The molecule has 1 aliphatic rings. The van der Waals surface area contributed by atoms with Gasteiger partial charge in [0, 0.05) is 33.2 Å². The molecule has 3 aromatic heterocycles. The standard InChI is InChI=1S/C15H17ClN8/c1-10-20-13-11(7-19-22(13)2)14(21-10)23-3-5-24(6-4-23)15-12(16)8-17-9-18-15/h7-9H,3-6H2,1-2H3. The Morgan fingerprint density at radius 1 is 1.00 bits per heavy atom. The summed E-state index contributed by atoms with van der Waals surface area (Å²) in [6.45, 7) is 5.22. The summed E-state index contributed by atoms with van der Waals surface area (Å²) >= 11 is 6.20. The second-order valence-corrected chi connectivity index (χ2v) is 6.18. The van der Waals surface area contributed by atoms with Gasteiger partial charge in [-0.05, 0) is 6.92 Å². The van der Waals surface area contributed by atoms with Gasteiger partial charge in [-0.3, -0.25) is 4.68 Å². The van der Waals surface area contributed by atoms with Crippen LogP contribution in [-0.2, 0) is 7.05 Å². The first kappa shape index (κ1) is 15.1. The van der Waals surface area contributed by atoms with E-state index in [1.807, 2.05) is 20.2 Å². The molecule has 4 heterocycles. The van der Waals surface area contributed by atoms with Gasteiger partial charge in [0.25, 0.3) is 0 Å². The fourth-order valence-electron chi connectivity index (χ4n) is 3.02. The largest absolute Gasteiger partial charge is 0.352 e. The number of piperazine rings is 1. The summed E-state index contributed by atoms with van der Waals surface area (Å²) in [7, 11) is 1.90. The van der Waals surface area contributed by atoms with Crippen molar-refractivity contribution in [2.45, 2.75) is 6.92 Å². The topological polar surface area (TPSA) is 75.9 Å². The Bertz CT molecular complexity index is 884. The Hall–Kier alpha value is -2.48. The number of fused-ring (bicyclic) bond motifs is 1. The Balaban J connectivity index is 1.59. The van der Waals surface area contributed by atoms with E-state index in [1.54, 1.807) is 10.9 Å². The van der Waals surface area contributed by atoms with Crippen LogP contribution in [0.25, 0.3) is 11.0 Å². The molecule has 0 unspecified atom stereocenters. The fraction of sp³-hybridized carbons (Fsp3) is 0.400. The van der Waals surface area contributed by atoms with Crippen LogP contribution in [0.3, 0.4) is 0 Å². The van der Waals surface area contributed by atoms with E-state index in [2.05, 4.69) is 34.8 Å². The lowest BCUT2D eigenvalue weighted by atomic mass is 10.2. The fourth-order valence-corrected chi connectivity index (χ4v) is 3.25. The minimum absolute atomic E-state index is 0.582. The predicted octanol–water partition coefficient (Wildman–Crippen LogP) is 1.44. The van der Waals surface area contributed by atoms with Crippen molar-refractivity contribution < 1.29 is 0 Å². The Morgan fingerprint density at radius 3 is 2.42 bits per heavy atom. The molecular weight excluding hydrogens is 328 g/mol. The lowest BCUT2D eigenvalue weighted by Gasteiger charge is -2.36. The number of halogens is 1. The third-order valence-electron chi connectivity index (χ3n) is 4.21. The van der Waals surface area contributed by atoms with E-state index in [4.69, 9.17) is 11.6 Å². The van der Waals surface area contributed by atoms with Crippen LogP contribution in [0.2, 0.25) is 5.02 Å². The minimum atomic E-state index is 0.582. The van der Waals surface area contributed by atoms with Crippen molar-refractivity contribution in [1.29, 1.82) is 0 Å². The van der Waals surface area contributed by atoms with Crippen LogP contribution < -0.4 is 9.80 Å². The van der Waals surface area contributed by atoms with Crippen LogP contribution in [0.1, 0.15) is 5.82 Å². The van der Waals surface area contributed by atoms with E-state index in [-0.39, 0.29) is 0 Å². The highest BCUT2D eigenvalue weighted by atomic mass is 35.5. The Morgan fingerprint density at radius 2 is 1.71 bits per heavy atom. The number of aryl methyl sites for hydroxylation is 2. The molecule has 0 N–H and O–H groups in total. The average molecular weight is 345 g/mol. The quantitative estimate of drug-likeness (QED) is 0.696. The van der Waals surface area contributed by atoms with Crippen LogP contribution in [0, 0.1) is 6.92 Å². The van der Waals surface area contributed by atoms with Gasteiger partial charge in [0.15, 0.2) is 11.5 Å². The highest BCUT2D eigenvalue weighted by molar-refractivity contribution is 6.32. The first-order valence-electron chi connectivity index (χ1n) is 7.75. The van der Waals surface area contributed by atoms with E-state index in [1.165, 1.54) is 6.33 Å². The number of anilines is 2. The second-order valence-electron chi connectivity index (χ2n) is 5.77. The Kier molecular flexibility index (Phi) is 3.68. The van der Waals surface area contributed by atoms with Gasteiger partial charge in [-0.15, -0.1) is 0 Å². The van der Waals surface area contributed by atoms with Crippen molar-refractivity contribution in [3.63, 3.8) is 0 Å². The molecule has 1 aliphatic heterocycles. The summed E-state index contributed by atoms with van der Waals surface area (Å²) in [5, 5.41) is 5.87. The monoisotopic (exact) mass is 344 g/mol. The molecule has 0 bridgehead atoms. The summed E-state index contributed by atoms with van der Waals surface area (Å²) in [4.78, 5) is 21.8. The van der Waals surface area contributed by atoms with Crippen LogP contribution in [0.15, 0.2) is 18.7 Å². The lowest BCUT2D eigenvalue weighted by molar-refractivity contribution is 0.641.